The summed E-state index contributed by atoms with van der Waals surface area (Å²) in [6, 6.07) is 0. The summed E-state index contributed by atoms with van der Waals surface area (Å²) in [5.41, 5.74) is 6.04. The second kappa shape index (κ2) is 6.39. The highest BCUT2D eigenvalue weighted by molar-refractivity contribution is 6.20. The fraction of sp³-hybridized carbons (Fsp3) is 0.692. The van der Waals surface area contributed by atoms with E-state index in [1.54, 1.807) is 20.3 Å². The number of nitrogens with one attached hydrogen (secondary N) is 1. The Bertz CT molecular complexity index is 430. The normalized spacial score (nSPS) is 14.5. The maximum atomic E-state index is 12.1. The van der Waals surface area contributed by atoms with Crippen molar-refractivity contribution >= 4 is 17.5 Å². The highest BCUT2D eigenvalue weighted by Gasteiger charge is 2.35. The van der Waals surface area contributed by atoms with E-state index < -0.39 is 5.54 Å². The number of imidazole rings is 1. The lowest BCUT2D eigenvalue weighted by Gasteiger charge is -2.28. The van der Waals surface area contributed by atoms with Gasteiger partial charge in [-0.2, -0.15) is 0 Å². The van der Waals surface area contributed by atoms with Gasteiger partial charge in [0.25, 0.3) is 0 Å². The van der Waals surface area contributed by atoms with Gasteiger partial charge in [-0.1, -0.05) is 13.8 Å². The zero-order chi connectivity index (χ0) is 14.6. The van der Waals surface area contributed by atoms with Crippen LogP contribution >= 0.6 is 11.6 Å². The summed E-state index contributed by atoms with van der Waals surface area (Å²) >= 11 is 5.87. The number of H-pyrrole nitrogens is 1. The summed E-state index contributed by atoms with van der Waals surface area (Å²) in [5.74, 6) is 1.12. The summed E-state index contributed by atoms with van der Waals surface area (Å²) in [5, 5.41) is 0. The number of halogens is 1. The number of nitrogens with zero attached hydrogens (tertiary/aromatic N) is 2. The lowest BCUT2D eigenvalue weighted by Crippen LogP contribution is -2.56. The third kappa shape index (κ3) is 4.21. The van der Waals surface area contributed by atoms with Gasteiger partial charge in [-0.25, -0.2) is 4.98 Å². The van der Waals surface area contributed by atoms with Gasteiger partial charge in [0.1, 0.15) is 11.4 Å². The minimum atomic E-state index is -1.11. The number of carbonyl (C=O) groups is 1. The van der Waals surface area contributed by atoms with Crippen molar-refractivity contribution < 1.29 is 4.79 Å². The van der Waals surface area contributed by atoms with Crippen molar-refractivity contribution in [2.24, 2.45) is 11.7 Å². The van der Waals surface area contributed by atoms with Crippen LogP contribution in [0.15, 0.2) is 6.20 Å². The number of rotatable bonds is 6. The Labute approximate surface area is 119 Å². The molecule has 3 N–H and O–H groups in total. The molecule has 19 heavy (non-hydrogen) atoms. The Morgan fingerprint density at radius 2 is 2.21 bits per heavy atom. The van der Waals surface area contributed by atoms with E-state index >= 15 is 0 Å². The van der Waals surface area contributed by atoms with E-state index in [1.807, 2.05) is 0 Å². The molecule has 1 unspecified atom stereocenters. The van der Waals surface area contributed by atoms with Crippen LogP contribution < -0.4 is 5.73 Å². The molecule has 0 aliphatic rings. The molecule has 108 valence electrons. The molecule has 0 aromatic carbocycles. The Morgan fingerprint density at radius 3 is 2.68 bits per heavy atom. The first kappa shape index (κ1) is 16.0. The second-order valence-corrected chi connectivity index (χ2v) is 5.89. The smallest absolute Gasteiger partial charge is 0.243 e. The highest BCUT2D eigenvalue weighted by Crippen LogP contribution is 2.14. The van der Waals surface area contributed by atoms with Gasteiger partial charge < -0.3 is 15.6 Å². The fourth-order valence-corrected chi connectivity index (χ4v) is 2.17. The van der Waals surface area contributed by atoms with Crippen LogP contribution in [-0.2, 0) is 17.6 Å². The maximum Gasteiger partial charge on any atom is 0.243 e. The maximum absolute atomic E-state index is 12.1. The molecule has 0 saturated heterocycles. The first-order chi connectivity index (χ1) is 8.78. The zero-order valence-electron chi connectivity index (χ0n) is 12.0. The summed E-state index contributed by atoms with van der Waals surface area (Å²) in [6.45, 7) is 4.28. The molecular formula is C13H23ClN4O. The van der Waals surface area contributed by atoms with Gasteiger partial charge >= 0.3 is 0 Å². The molecule has 1 heterocycles. The average Bonchev–Trinajstić information content (AvgIpc) is 2.74. The SMILES string of the molecule is CC(C)Cc1cnc(CC(N)(CCl)C(=O)N(C)C)[nH]1. The highest BCUT2D eigenvalue weighted by atomic mass is 35.5. The van der Waals surface area contributed by atoms with Crippen molar-refractivity contribution in [3.05, 3.63) is 17.7 Å². The van der Waals surface area contributed by atoms with Crippen LogP contribution in [0.1, 0.15) is 25.4 Å². The second-order valence-electron chi connectivity index (χ2n) is 5.62. The Morgan fingerprint density at radius 1 is 1.58 bits per heavy atom. The molecule has 6 heteroatoms. The van der Waals surface area contributed by atoms with Gasteiger partial charge in [-0.3, -0.25) is 4.79 Å². The van der Waals surface area contributed by atoms with Gasteiger partial charge in [-0.15, -0.1) is 11.6 Å². The lowest BCUT2D eigenvalue weighted by atomic mass is 9.97. The van der Waals surface area contributed by atoms with Crippen LogP contribution in [0.5, 0.6) is 0 Å². The first-order valence-electron chi connectivity index (χ1n) is 6.38. The monoisotopic (exact) mass is 286 g/mol. The number of alkyl halides is 1. The predicted molar refractivity (Wildman–Crippen MR) is 77.2 cm³/mol. The number of amides is 1. The summed E-state index contributed by atoms with van der Waals surface area (Å²) in [7, 11) is 3.34. The number of nitrogens with two attached hydrogens (primary N) is 1. The lowest BCUT2D eigenvalue weighted by molar-refractivity contribution is -0.133. The van der Waals surface area contributed by atoms with Crippen molar-refractivity contribution in [2.75, 3.05) is 20.0 Å². The minimum absolute atomic E-state index is 0.0597. The quantitative estimate of drug-likeness (QED) is 0.771. The van der Waals surface area contributed by atoms with Gasteiger partial charge in [0, 0.05) is 38.3 Å². The van der Waals surface area contributed by atoms with Crippen molar-refractivity contribution in [1.29, 1.82) is 0 Å². The van der Waals surface area contributed by atoms with E-state index in [-0.39, 0.29) is 11.8 Å². The van der Waals surface area contributed by atoms with Gasteiger partial charge in [-0.05, 0) is 12.3 Å². The fourth-order valence-electron chi connectivity index (χ4n) is 1.96. The van der Waals surface area contributed by atoms with Crippen molar-refractivity contribution in [3.63, 3.8) is 0 Å². The van der Waals surface area contributed by atoms with E-state index in [0.717, 1.165) is 12.1 Å². The summed E-state index contributed by atoms with van der Waals surface area (Å²) in [6.07, 6.45) is 3.03. The molecule has 0 saturated carbocycles. The molecule has 1 rings (SSSR count). The Kier molecular flexibility index (Phi) is 5.38. The largest absolute Gasteiger partial charge is 0.347 e. The number of carbonyl (C=O) groups excluding carboxylic acids is 1. The molecule has 1 atom stereocenters. The van der Waals surface area contributed by atoms with Crippen molar-refractivity contribution in [1.82, 2.24) is 14.9 Å². The van der Waals surface area contributed by atoms with Crippen LogP contribution in [0, 0.1) is 5.92 Å². The number of aromatic amines is 1. The van der Waals surface area contributed by atoms with Crippen molar-refractivity contribution in [3.8, 4) is 0 Å². The molecule has 0 bridgehead atoms. The molecule has 0 aliphatic carbocycles. The number of hydrogen-bond donors (Lipinski definition) is 2. The number of hydrogen-bond acceptors (Lipinski definition) is 3. The van der Waals surface area contributed by atoms with Crippen LogP contribution in [0.2, 0.25) is 0 Å². The van der Waals surface area contributed by atoms with E-state index in [2.05, 4.69) is 23.8 Å². The van der Waals surface area contributed by atoms with Crippen LogP contribution in [0.4, 0.5) is 0 Å². The van der Waals surface area contributed by atoms with E-state index in [9.17, 15) is 4.79 Å². The van der Waals surface area contributed by atoms with Crippen LogP contribution in [-0.4, -0.2) is 46.3 Å². The van der Waals surface area contributed by atoms with Crippen molar-refractivity contribution in [2.45, 2.75) is 32.2 Å². The molecule has 1 amide bonds. The Hall–Kier alpha value is -1.07. The molecule has 1 aromatic rings. The van der Waals surface area contributed by atoms with E-state index in [0.29, 0.717) is 18.2 Å². The molecule has 0 aliphatic heterocycles. The third-order valence-corrected chi connectivity index (χ3v) is 3.34. The first-order valence-corrected chi connectivity index (χ1v) is 6.91. The molecule has 0 radical (unpaired) electrons. The van der Waals surface area contributed by atoms with Gasteiger partial charge in [0.15, 0.2) is 0 Å². The summed E-state index contributed by atoms with van der Waals surface area (Å²) < 4.78 is 0. The standard InChI is InChI=1S/C13H23ClN4O/c1-9(2)5-10-7-16-11(17-10)6-13(15,8-14)12(19)18(3)4/h7,9H,5-6,8,15H2,1-4H3,(H,16,17). The molecule has 1 aromatic heterocycles. The summed E-state index contributed by atoms with van der Waals surface area (Å²) in [4.78, 5) is 21.0. The van der Waals surface area contributed by atoms with Gasteiger partial charge in [0.05, 0.1) is 0 Å². The molecule has 0 spiro atoms. The predicted octanol–water partition coefficient (Wildman–Crippen LogP) is 1.18. The molecule has 0 fully saturated rings. The van der Waals surface area contributed by atoms with Crippen LogP contribution in [0.25, 0.3) is 0 Å². The van der Waals surface area contributed by atoms with Crippen LogP contribution in [0.3, 0.4) is 0 Å². The topological polar surface area (TPSA) is 75.0 Å². The number of likely N-dealkylation sites (N-methyl/N-ethyl adjacent to an activating group) is 1. The van der Waals surface area contributed by atoms with E-state index in [4.69, 9.17) is 17.3 Å². The molecular weight excluding hydrogens is 264 g/mol. The minimum Gasteiger partial charge on any atom is -0.347 e. The zero-order valence-corrected chi connectivity index (χ0v) is 12.8. The Balaban J connectivity index is 2.81. The van der Waals surface area contributed by atoms with E-state index in [1.165, 1.54) is 4.90 Å². The average molecular weight is 287 g/mol. The molecule has 5 nitrogen and oxygen atoms in total. The third-order valence-electron chi connectivity index (χ3n) is 2.86. The number of aromatic nitrogens is 2. The van der Waals surface area contributed by atoms with Gasteiger partial charge in [0.2, 0.25) is 5.91 Å².